The molecule has 0 saturated heterocycles. The molecule has 4 rings (SSSR count). The van der Waals surface area contributed by atoms with E-state index in [0.717, 1.165) is 44.2 Å². The maximum absolute atomic E-state index is 11.7. The lowest BCUT2D eigenvalue weighted by atomic mass is 9.47. The third-order valence-electron chi connectivity index (χ3n) is 8.95. The molecule has 0 radical (unpaired) electrons. The van der Waals surface area contributed by atoms with Crippen LogP contribution in [0.5, 0.6) is 0 Å². The highest BCUT2D eigenvalue weighted by Gasteiger charge is 2.57. The molecular weight excluding hydrogens is 404 g/mol. The van der Waals surface area contributed by atoms with E-state index in [9.17, 15) is 9.59 Å². The van der Waals surface area contributed by atoms with E-state index in [0.29, 0.717) is 24.4 Å². The Morgan fingerprint density at radius 3 is 2.56 bits per heavy atom. The first-order valence-corrected chi connectivity index (χ1v) is 12.2. The summed E-state index contributed by atoms with van der Waals surface area (Å²) in [5, 5.41) is 4.35. The van der Waals surface area contributed by atoms with Crippen LogP contribution in [0.1, 0.15) is 79.6 Å². The summed E-state index contributed by atoms with van der Waals surface area (Å²) in [6.07, 6.45) is 11.9. The zero-order valence-electron chi connectivity index (χ0n) is 20.2. The minimum atomic E-state index is -0.502. The maximum Gasteiger partial charge on any atom is 0.427 e. The highest BCUT2D eigenvalue weighted by atomic mass is 16.6. The molecule has 6 nitrogen and oxygen atoms in total. The minimum Gasteiger partial charge on any atom is -0.462 e. The molecule has 32 heavy (non-hydrogen) atoms. The Morgan fingerprint density at radius 1 is 1.09 bits per heavy atom. The standard InChI is InChI=1S/C26H38N2O4/c1-6-31-24(30)28-27-16(2)21-9-10-22-20-8-7-18-15-19(32-17(3)29)11-13-25(18,4)23(20)12-14-26(21,22)5/h7,9,19-20,22-23H,6,8,10-15H2,1-5H3,(H,28,30)/b27-16-/t19-,20+,22+,23+,25-,26+/m0/s1. The fraction of sp³-hybridized carbons (Fsp3) is 0.731. The van der Waals surface area contributed by atoms with Crippen molar-refractivity contribution in [2.24, 2.45) is 33.7 Å². The van der Waals surface area contributed by atoms with Gasteiger partial charge in [-0.2, -0.15) is 5.10 Å². The van der Waals surface area contributed by atoms with Crippen molar-refractivity contribution in [3.63, 3.8) is 0 Å². The van der Waals surface area contributed by atoms with Gasteiger partial charge in [-0.1, -0.05) is 31.6 Å². The van der Waals surface area contributed by atoms with Crippen LogP contribution in [-0.2, 0) is 14.3 Å². The van der Waals surface area contributed by atoms with Crippen molar-refractivity contribution in [2.75, 3.05) is 6.61 Å². The van der Waals surface area contributed by atoms with Crippen molar-refractivity contribution in [3.8, 4) is 0 Å². The van der Waals surface area contributed by atoms with Gasteiger partial charge in [-0.05, 0) is 86.5 Å². The lowest BCUT2D eigenvalue weighted by Crippen LogP contribution is -2.50. The number of hydrogen-bond donors (Lipinski definition) is 1. The van der Waals surface area contributed by atoms with Gasteiger partial charge in [-0.25, -0.2) is 10.2 Å². The molecule has 0 bridgehead atoms. The van der Waals surface area contributed by atoms with Crippen LogP contribution in [0.3, 0.4) is 0 Å². The van der Waals surface area contributed by atoms with E-state index in [-0.39, 0.29) is 22.9 Å². The molecule has 0 aromatic heterocycles. The van der Waals surface area contributed by atoms with Gasteiger partial charge in [0.25, 0.3) is 0 Å². The van der Waals surface area contributed by atoms with Gasteiger partial charge in [-0.3, -0.25) is 4.79 Å². The second kappa shape index (κ2) is 8.68. The van der Waals surface area contributed by atoms with E-state index >= 15 is 0 Å². The summed E-state index contributed by atoms with van der Waals surface area (Å²) in [6.45, 7) is 10.5. The van der Waals surface area contributed by atoms with Crippen LogP contribution in [0, 0.1) is 28.6 Å². The fourth-order valence-corrected chi connectivity index (χ4v) is 7.44. The molecular formula is C26H38N2O4. The molecule has 4 aliphatic rings. The second-order valence-corrected chi connectivity index (χ2v) is 10.6. The number of esters is 1. The van der Waals surface area contributed by atoms with Gasteiger partial charge in [0.1, 0.15) is 6.10 Å². The predicted molar refractivity (Wildman–Crippen MR) is 124 cm³/mol. The monoisotopic (exact) mass is 442 g/mol. The molecule has 1 N–H and O–H groups in total. The Bertz CT molecular complexity index is 875. The summed E-state index contributed by atoms with van der Waals surface area (Å²) in [5.41, 5.74) is 6.54. The van der Waals surface area contributed by atoms with Crippen molar-refractivity contribution < 1.29 is 19.1 Å². The van der Waals surface area contributed by atoms with Gasteiger partial charge < -0.3 is 9.47 Å². The van der Waals surface area contributed by atoms with E-state index in [1.165, 1.54) is 24.5 Å². The maximum atomic E-state index is 11.7. The summed E-state index contributed by atoms with van der Waals surface area (Å²) >= 11 is 0. The molecule has 0 spiro atoms. The van der Waals surface area contributed by atoms with Crippen molar-refractivity contribution in [1.82, 2.24) is 5.43 Å². The first kappa shape index (κ1) is 23.1. The number of ether oxygens (including phenoxy) is 2. The number of carbonyl (C=O) groups excluding carboxylic acids is 2. The van der Waals surface area contributed by atoms with Crippen molar-refractivity contribution in [2.45, 2.75) is 85.7 Å². The molecule has 0 unspecified atom stereocenters. The smallest absolute Gasteiger partial charge is 0.427 e. The number of amides is 1. The minimum absolute atomic E-state index is 0.0442. The Labute approximate surface area is 191 Å². The van der Waals surface area contributed by atoms with Crippen LogP contribution in [0.2, 0.25) is 0 Å². The van der Waals surface area contributed by atoms with Crippen LogP contribution in [0.15, 0.2) is 28.4 Å². The third kappa shape index (κ3) is 3.90. The Hall–Kier alpha value is -2.11. The molecule has 0 heterocycles. The van der Waals surface area contributed by atoms with Gasteiger partial charge in [0.15, 0.2) is 0 Å². The van der Waals surface area contributed by atoms with E-state index in [4.69, 9.17) is 9.47 Å². The summed E-state index contributed by atoms with van der Waals surface area (Å²) in [7, 11) is 0. The van der Waals surface area contributed by atoms with Gasteiger partial charge in [0.2, 0.25) is 0 Å². The van der Waals surface area contributed by atoms with Gasteiger partial charge in [0.05, 0.1) is 12.3 Å². The van der Waals surface area contributed by atoms with Crippen LogP contribution in [0.4, 0.5) is 4.79 Å². The SMILES string of the molecule is CCOC(=O)N/N=C(/C)C1=CC[C@@H]2[C@H]3CC=C4C[C@@H](OC(C)=O)CC[C@]4(C)[C@@H]3CC[C@]12C. The number of hydrogen-bond acceptors (Lipinski definition) is 5. The second-order valence-electron chi connectivity index (χ2n) is 10.6. The third-order valence-corrected chi connectivity index (χ3v) is 8.95. The van der Waals surface area contributed by atoms with E-state index < -0.39 is 6.09 Å². The first-order valence-electron chi connectivity index (χ1n) is 12.2. The lowest BCUT2D eigenvalue weighted by Gasteiger charge is -2.57. The molecule has 1 amide bonds. The van der Waals surface area contributed by atoms with Gasteiger partial charge in [0, 0.05) is 13.3 Å². The molecule has 2 saturated carbocycles. The number of carbonyl (C=O) groups is 2. The number of nitrogens with zero attached hydrogens (tertiary/aromatic N) is 1. The normalized spacial score (nSPS) is 38.5. The Morgan fingerprint density at radius 2 is 1.84 bits per heavy atom. The molecule has 6 atom stereocenters. The average molecular weight is 443 g/mol. The molecule has 176 valence electrons. The highest BCUT2D eigenvalue weighted by molar-refractivity contribution is 6.00. The number of nitrogens with one attached hydrogen (secondary N) is 1. The highest BCUT2D eigenvalue weighted by Crippen LogP contribution is 2.65. The molecule has 6 heteroatoms. The Balaban J connectivity index is 1.51. The lowest BCUT2D eigenvalue weighted by molar-refractivity contribution is -0.148. The van der Waals surface area contributed by atoms with Crippen LogP contribution in [0.25, 0.3) is 0 Å². The number of allylic oxidation sites excluding steroid dienone is 3. The van der Waals surface area contributed by atoms with Gasteiger partial charge >= 0.3 is 12.1 Å². The number of rotatable bonds is 4. The van der Waals surface area contributed by atoms with Crippen LogP contribution >= 0.6 is 0 Å². The Kier molecular flexibility index (Phi) is 6.25. The molecule has 4 aliphatic carbocycles. The summed E-state index contributed by atoms with van der Waals surface area (Å²) in [4.78, 5) is 23.1. The zero-order valence-corrected chi connectivity index (χ0v) is 20.2. The average Bonchev–Trinajstić information content (AvgIpc) is 3.09. The van der Waals surface area contributed by atoms with Gasteiger partial charge in [-0.15, -0.1) is 0 Å². The molecule has 0 aliphatic heterocycles. The summed E-state index contributed by atoms with van der Waals surface area (Å²) in [5.74, 6) is 1.78. The summed E-state index contributed by atoms with van der Waals surface area (Å²) < 4.78 is 10.5. The van der Waals surface area contributed by atoms with Crippen molar-refractivity contribution in [3.05, 3.63) is 23.3 Å². The predicted octanol–water partition coefficient (Wildman–Crippen LogP) is 5.54. The topological polar surface area (TPSA) is 77.0 Å². The van der Waals surface area contributed by atoms with Crippen LogP contribution in [-0.4, -0.2) is 30.5 Å². The van der Waals surface area contributed by atoms with E-state index in [1.54, 1.807) is 6.92 Å². The molecule has 0 aromatic rings. The number of fused-ring (bicyclic) bond motifs is 5. The largest absolute Gasteiger partial charge is 0.462 e. The van der Waals surface area contributed by atoms with Crippen molar-refractivity contribution >= 4 is 17.8 Å². The molecule has 2 fully saturated rings. The quantitative estimate of drug-likeness (QED) is 0.268. The first-order chi connectivity index (χ1) is 15.2. The van der Waals surface area contributed by atoms with Crippen molar-refractivity contribution in [1.29, 1.82) is 0 Å². The molecule has 0 aromatic carbocycles. The van der Waals surface area contributed by atoms with E-state index in [2.05, 4.69) is 36.5 Å². The van der Waals surface area contributed by atoms with E-state index in [1.807, 2.05) is 6.92 Å². The number of hydrazone groups is 1. The van der Waals surface area contributed by atoms with Crippen LogP contribution < -0.4 is 5.43 Å². The summed E-state index contributed by atoms with van der Waals surface area (Å²) in [6, 6.07) is 0. The zero-order chi connectivity index (χ0) is 23.1. The fourth-order valence-electron chi connectivity index (χ4n) is 7.44.